The Hall–Kier alpha value is -1.74. The molecule has 0 aromatic rings. The van der Waals surface area contributed by atoms with Crippen LogP contribution in [0.4, 0.5) is 0 Å². The van der Waals surface area contributed by atoms with Crippen molar-refractivity contribution in [3.05, 3.63) is 24.3 Å². The summed E-state index contributed by atoms with van der Waals surface area (Å²) in [7, 11) is 1.21. The predicted octanol–water partition coefficient (Wildman–Crippen LogP) is 4.08. The second-order valence-corrected chi connectivity index (χ2v) is 12.4. The van der Waals surface area contributed by atoms with E-state index in [0.29, 0.717) is 45.2 Å². The fourth-order valence-electron chi connectivity index (χ4n) is 9.59. The van der Waals surface area contributed by atoms with Gasteiger partial charge in [0.25, 0.3) is 0 Å². The first-order chi connectivity index (χ1) is 17.7. The van der Waals surface area contributed by atoms with Gasteiger partial charge in [-0.25, -0.2) is 9.59 Å². The number of ether oxygens (including phenoxy) is 6. The van der Waals surface area contributed by atoms with Gasteiger partial charge >= 0.3 is 11.9 Å². The third-order valence-electron chi connectivity index (χ3n) is 10.9. The van der Waals surface area contributed by atoms with Crippen LogP contribution in [0.25, 0.3) is 0 Å². The predicted molar refractivity (Wildman–Crippen MR) is 132 cm³/mol. The average molecular weight is 517 g/mol. The summed E-state index contributed by atoms with van der Waals surface area (Å²) >= 11 is 0. The Morgan fingerprint density at radius 2 is 1.76 bits per heavy atom. The quantitative estimate of drug-likeness (QED) is 0.315. The van der Waals surface area contributed by atoms with Crippen LogP contribution in [-0.2, 0) is 38.0 Å². The first-order valence-electron chi connectivity index (χ1n) is 13.8. The van der Waals surface area contributed by atoms with Gasteiger partial charge in [-0.2, -0.15) is 0 Å². The summed E-state index contributed by atoms with van der Waals surface area (Å²) in [6.07, 6.45) is 10.3. The zero-order valence-electron chi connectivity index (χ0n) is 22.3. The molecular weight excluding hydrogens is 476 g/mol. The summed E-state index contributed by atoms with van der Waals surface area (Å²) in [5.74, 6) is -2.58. The molecule has 0 radical (unpaired) electrons. The van der Waals surface area contributed by atoms with Crippen molar-refractivity contribution in [1.82, 2.24) is 0 Å². The number of allylic oxidation sites excluding steroid dienone is 1. The lowest BCUT2D eigenvalue weighted by molar-refractivity contribution is -0.281. The molecule has 0 unspecified atom stereocenters. The molecule has 2 heterocycles. The van der Waals surface area contributed by atoms with Crippen molar-refractivity contribution in [2.45, 2.75) is 82.4 Å². The zero-order chi connectivity index (χ0) is 26.1. The average Bonchev–Trinajstić information content (AvgIpc) is 3.60. The second-order valence-electron chi connectivity index (χ2n) is 12.4. The summed E-state index contributed by atoms with van der Waals surface area (Å²) in [4.78, 5) is 25.5. The zero-order valence-corrected chi connectivity index (χ0v) is 22.3. The highest BCUT2D eigenvalue weighted by molar-refractivity contribution is 6.29. The van der Waals surface area contributed by atoms with Crippen molar-refractivity contribution >= 4 is 11.9 Å². The smallest absolute Gasteiger partial charge is 0.418 e. The highest BCUT2D eigenvalue weighted by atomic mass is 16.7. The Labute approximate surface area is 219 Å². The van der Waals surface area contributed by atoms with Crippen molar-refractivity contribution in [2.75, 3.05) is 33.5 Å². The molecule has 5 fully saturated rings. The number of hydrogen-bond acceptors (Lipinski definition) is 8. The second kappa shape index (κ2) is 8.63. The third-order valence-corrected chi connectivity index (χ3v) is 10.9. The van der Waals surface area contributed by atoms with Crippen molar-refractivity contribution in [3.63, 3.8) is 0 Å². The monoisotopic (exact) mass is 516 g/mol. The minimum Gasteiger partial charge on any atom is -0.461 e. The fourth-order valence-corrected chi connectivity index (χ4v) is 9.59. The summed E-state index contributed by atoms with van der Waals surface area (Å²) in [6.45, 7) is 11.0. The Balaban J connectivity index is 1.47. The summed E-state index contributed by atoms with van der Waals surface area (Å²) in [5, 5.41) is 0. The number of carbonyl (C=O) groups is 2. The van der Waals surface area contributed by atoms with Crippen LogP contribution in [0.2, 0.25) is 0 Å². The Morgan fingerprint density at radius 3 is 2.43 bits per heavy atom. The van der Waals surface area contributed by atoms with Gasteiger partial charge in [-0.3, -0.25) is 0 Å². The number of esters is 2. The van der Waals surface area contributed by atoms with Crippen molar-refractivity contribution in [2.24, 2.45) is 28.6 Å². The lowest BCUT2D eigenvalue weighted by atomic mass is 9.42. The third kappa shape index (κ3) is 3.48. The molecule has 204 valence electrons. The Morgan fingerprint density at radius 1 is 1.05 bits per heavy atom. The molecule has 2 spiro atoms. The SMILES string of the molecule is C=CC[C@]1(OC(=O)C(=O)OC)C[C@@]2(C)[C@@H](CCC23OCCO3)[C@@H]2CC=C3CC4(CC[C@]3(C)[C@H]21)OCCO4. The van der Waals surface area contributed by atoms with Crippen LogP contribution in [0.1, 0.15) is 65.2 Å². The van der Waals surface area contributed by atoms with Crippen molar-refractivity contribution < 1.29 is 38.0 Å². The molecule has 8 nitrogen and oxygen atoms in total. The molecule has 37 heavy (non-hydrogen) atoms. The largest absolute Gasteiger partial charge is 0.461 e. The molecule has 2 aliphatic heterocycles. The fraction of sp³-hybridized carbons (Fsp3) is 0.793. The van der Waals surface area contributed by atoms with Crippen LogP contribution in [-0.4, -0.2) is 62.7 Å². The molecule has 0 amide bonds. The van der Waals surface area contributed by atoms with Crippen LogP contribution in [0, 0.1) is 28.6 Å². The van der Waals surface area contributed by atoms with E-state index < -0.39 is 29.1 Å². The van der Waals surface area contributed by atoms with Crippen LogP contribution in [0.3, 0.4) is 0 Å². The Bertz CT molecular complexity index is 1010. The van der Waals surface area contributed by atoms with E-state index >= 15 is 0 Å². The van der Waals surface area contributed by atoms with Gasteiger partial charge in [0.15, 0.2) is 11.6 Å². The number of hydrogen-bond donors (Lipinski definition) is 0. The number of rotatable bonds is 3. The first kappa shape index (κ1) is 25.5. The molecule has 6 aliphatic rings. The standard InChI is InChI=1S/C29H40O8/c1-5-9-27(37-24(31)23(30)32-4)18-26(3)21(8-10-29(26)35-15-16-36-29)20-7-6-19-17-28(33-13-14-34-28)12-11-25(19,2)22(20)27/h5-6,20-22H,1,7-18H2,2-4H3/t20-,21-,22-,25-,26-,27-/m0/s1. The minimum absolute atomic E-state index is 0.0000118. The van der Waals surface area contributed by atoms with E-state index in [0.717, 1.165) is 38.5 Å². The Kier molecular flexibility index (Phi) is 5.96. The highest BCUT2D eigenvalue weighted by Crippen LogP contribution is 2.72. The van der Waals surface area contributed by atoms with E-state index in [1.54, 1.807) is 0 Å². The molecular formula is C29H40O8. The highest BCUT2D eigenvalue weighted by Gasteiger charge is 2.73. The maximum Gasteiger partial charge on any atom is 0.418 e. The van der Waals surface area contributed by atoms with Crippen molar-refractivity contribution in [1.29, 1.82) is 0 Å². The molecule has 4 aliphatic carbocycles. The van der Waals surface area contributed by atoms with E-state index in [1.165, 1.54) is 12.7 Å². The van der Waals surface area contributed by atoms with Gasteiger partial charge in [-0.15, -0.1) is 6.58 Å². The van der Waals surface area contributed by atoms with Gasteiger partial charge in [-0.05, 0) is 42.9 Å². The first-order valence-corrected chi connectivity index (χ1v) is 13.8. The molecule has 0 bridgehead atoms. The maximum atomic E-state index is 13.1. The van der Waals surface area contributed by atoms with Crippen molar-refractivity contribution in [3.8, 4) is 0 Å². The summed E-state index contributed by atoms with van der Waals surface area (Å²) in [6, 6.07) is 0. The summed E-state index contributed by atoms with van der Waals surface area (Å²) < 4.78 is 36.1. The van der Waals surface area contributed by atoms with E-state index in [1.807, 2.05) is 6.08 Å². The maximum absolute atomic E-state index is 13.1. The minimum atomic E-state index is -0.978. The number of carbonyl (C=O) groups excluding carboxylic acids is 2. The topological polar surface area (TPSA) is 89.5 Å². The van der Waals surface area contributed by atoms with E-state index in [2.05, 4.69) is 26.5 Å². The lowest BCUT2D eigenvalue weighted by Gasteiger charge is -2.65. The van der Waals surface area contributed by atoms with E-state index in [9.17, 15) is 9.59 Å². The van der Waals surface area contributed by atoms with E-state index in [4.69, 9.17) is 28.4 Å². The van der Waals surface area contributed by atoms with Gasteiger partial charge in [0, 0.05) is 37.0 Å². The molecule has 0 aromatic heterocycles. The van der Waals surface area contributed by atoms with Gasteiger partial charge in [0.05, 0.1) is 33.5 Å². The molecule has 6 atom stereocenters. The van der Waals surface area contributed by atoms with Crippen LogP contribution in [0.5, 0.6) is 0 Å². The van der Waals surface area contributed by atoms with Gasteiger partial charge in [-0.1, -0.05) is 31.6 Å². The van der Waals surface area contributed by atoms with Crippen LogP contribution in [0.15, 0.2) is 24.3 Å². The normalized spacial score (nSPS) is 43.0. The van der Waals surface area contributed by atoms with E-state index in [-0.39, 0.29) is 22.7 Å². The molecule has 6 rings (SSSR count). The summed E-state index contributed by atoms with van der Waals surface area (Å²) in [5.41, 5.74) is -0.253. The number of fused-ring (bicyclic) bond motifs is 6. The number of methoxy groups -OCH3 is 1. The van der Waals surface area contributed by atoms with Gasteiger partial charge in [0.2, 0.25) is 0 Å². The lowest BCUT2D eigenvalue weighted by Crippen LogP contribution is -2.66. The van der Waals surface area contributed by atoms with Gasteiger partial charge < -0.3 is 28.4 Å². The molecule has 3 saturated carbocycles. The molecule has 0 N–H and O–H groups in total. The van der Waals surface area contributed by atoms with Crippen LogP contribution >= 0.6 is 0 Å². The van der Waals surface area contributed by atoms with Gasteiger partial charge in [0.1, 0.15) is 5.60 Å². The molecule has 2 saturated heterocycles. The molecule has 8 heteroatoms. The molecule has 0 aromatic carbocycles. The van der Waals surface area contributed by atoms with Crippen LogP contribution < -0.4 is 0 Å².